The molecule has 2 heterocycles. The second-order valence-electron chi connectivity index (χ2n) is 6.80. The van der Waals surface area contributed by atoms with E-state index in [4.69, 9.17) is 0 Å². The van der Waals surface area contributed by atoms with Crippen LogP contribution in [0.1, 0.15) is 37.3 Å². The van der Waals surface area contributed by atoms with E-state index in [1.807, 2.05) is 0 Å². The average molecular weight is 355 g/mol. The Morgan fingerprint density at radius 3 is 2.62 bits per heavy atom. The molecule has 1 saturated carbocycles. The predicted octanol–water partition coefficient (Wildman–Crippen LogP) is 0.264. The number of nitrogens with zero attached hydrogens (tertiary/aromatic N) is 3. The van der Waals surface area contributed by atoms with Crippen molar-refractivity contribution in [1.29, 1.82) is 0 Å². The van der Waals surface area contributed by atoms with Crippen molar-refractivity contribution in [2.45, 2.75) is 37.6 Å². The van der Waals surface area contributed by atoms with Crippen LogP contribution in [0.2, 0.25) is 0 Å². The zero-order chi connectivity index (χ0) is 17.3. The molecule has 1 saturated heterocycles. The van der Waals surface area contributed by atoms with Gasteiger partial charge in [0, 0.05) is 43.9 Å². The minimum Gasteiger partial charge on any atom is -0.355 e. The number of aromatic amines is 1. The number of H-pyrrole nitrogens is 1. The SMILES string of the molecule is CN(CC(=O)NC1CCN(c2cc(C3CC3)[nH]n2)CC1)S(C)(=O)=O. The van der Waals surface area contributed by atoms with Gasteiger partial charge in [0.2, 0.25) is 15.9 Å². The van der Waals surface area contributed by atoms with Crippen molar-refractivity contribution >= 4 is 21.7 Å². The first-order valence-electron chi connectivity index (χ1n) is 8.34. The van der Waals surface area contributed by atoms with Crippen molar-refractivity contribution in [2.75, 3.05) is 37.8 Å². The monoisotopic (exact) mass is 355 g/mol. The Bertz CT molecular complexity index is 690. The minimum atomic E-state index is -3.33. The highest BCUT2D eigenvalue weighted by Gasteiger charge is 2.28. The van der Waals surface area contributed by atoms with Gasteiger partial charge in [0.15, 0.2) is 5.82 Å². The van der Waals surface area contributed by atoms with E-state index < -0.39 is 10.0 Å². The molecule has 9 heteroatoms. The van der Waals surface area contributed by atoms with E-state index >= 15 is 0 Å². The quantitative estimate of drug-likeness (QED) is 0.763. The average Bonchev–Trinajstić information content (AvgIpc) is 3.25. The van der Waals surface area contributed by atoms with Crippen LogP contribution in [-0.4, -0.2) is 67.8 Å². The Morgan fingerprint density at radius 2 is 2.04 bits per heavy atom. The predicted molar refractivity (Wildman–Crippen MR) is 91.4 cm³/mol. The molecule has 1 aromatic heterocycles. The molecule has 2 aliphatic rings. The molecular weight excluding hydrogens is 330 g/mol. The number of rotatable bonds is 6. The van der Waals surface area contributed by atoms with Gasteiger partial charge in [0.05, 0.1) is 12.8 Å². The second-order valence-corrected chi connectivity index (χ2v) is 8.89. The van der Waals surface area contributed by atoms with Gasteiger partial charge in [-0.25, -0.2) is 8.42 Å². The molecule has 1 aliphatic carbocycles. The lowest BCUT2D eigenvalue weighted by Gasteiger charge is -2.32. The van der Waals surface area contributed by atoms with E-state index in [0.717, 1.165) is 42.3 Å². The van der Waals surface area contributed by atoms with Crippen LogP contribution in [0.5, 0.6) is 0 Å². The van der Waals surface area contributed by atoms with Crippen molar-refractivity contribution in [1.82, 2.24) is 19.8 Å². The summed E-state index contributed by atoms with van der Waals surface area (Å²) in [5, 5.41) is 10.4. The van der Waals surface area contributed by atoms with Crippen molar-refractivity contribution in [3.05, 3.63) is 11.8 Å². The number of nitrogens with one attached hydrogen (secondary N) is 2. The summed E-state index contributed by atoms with van der Waals surface area (Å²) < 4.78 is 23.7. The van der Waals surface area contributed by atoms with Crippen molar-refractivity contribution in [2.24, 2.45) is 0 Å². The number of piperidine rings is 1. The fourth-order valence-corrected chi connectivity index (χ4v) is 3.29. The lowest BCUT2D eigenvalue weighted by molar-refractivity contribution is -0.121. The van der Waals surface area contributed by atoms with Gasteiger partial charge in [-0.15, -0.1) is 0 Å². The zero-order valence-electron chi connectivity index (χ0n) is 14.2. The van der Waals surface area contributed by atoms with Crippen molar-refractivity contribution < 1.29 is 13.2 Å². The highest BCUT2D eigenvalue weighted by atomic mass is 32.2. The second kappa shape index (κ2) is 6.72. The molecule has 0 aromatic carbocycles. The number of carbonyl (C=O) groups is 1. The van der Waals surface area contributed by atoms with Gasteiger partial charge < -0.3 is 10.2 Å². The van der Waals surface area contributed by atoms with Gasteiger partial charge in [0.1, 0.15) is 0 Å². The molecule has 1 aliphatic heterocycles. The molecule has 1 amide bonds. The Kier molecular flexibility index (Phi) is 4.82. The third kappa shape index (κ3) is 4.27. The number of likely N-dealkylation sites (N-methyl/N-ethyl adjacent to an activating group) is 1. The van der Waals surface area contributed by atoms with E-state index in [0.29, 0.717) is 5.92 Å². The molecule has 0 atom stereocenters. The molecule has 0 radical (unpaired) electrons. The fraction of sp³-hybridized carbons (Fsp3) is 0.733. The first-order valence-corrected chi connectivity index (χ1v) is 10.2. The molecule has 134 valence electrons. The van der Waals surface area contributed by atoms with Crippen LogP contribution >= 0.6 is 0 Å². The fourth-order valence-electron chi connectivity index (χ4n) is 2.94. The van der Waals surface area contributed by atoms with Gasteiger partial charge in [0.25, 0.3) is 0 Å². The van der Waals surface area contributed by atoms with Crippen LogP contribution in [0.4, 0.5) is 5.82 Å². The Labute approximate surface area is 142 Å². The van der Waals surface area contributed by atoms with Gasteiger partial charge in [-0.05, 0) is 25.7 Å². The summed E-state index contributed by atoms with van der Waals surface area (Å²) in [6, 6.07) is 2.22. The third-order valence-corrected chi connectivity index (χ3v) is 5.98. The summed E-state index contributed by atoms with van der Waals surface area (Å²) in [6.07, 6.45) is 5.26. The standard InChI is InChI=1S/C15H25N5O3S/c1-19(24(2,22)23)10-15(21)16-12-5-7-20(8-6-12)14-9-13(17-18-14)11-3-4-11/h9,11-12H,3-8,10H2,1-2H3,(H,16,21)(H,17,18). The topological polar surface area (TPSA) is 98.4 Å². The summed E-state index contributed by atoms with van der Waals surface area (Å²) in [4.78, 5) is 14.2. The molecular formula is C15H25N5O3S. The Balaban J connectivity index is 1.45. The maximum Gasteiger partial charge on any atom is 0.235 e. The van der Waals surface area contributed by atoms with Gasteiger partial charge in [-0.1, -0.05) is 0 Å². The number of hydrogen-bond acceptors (Lipinski definition) is 5. The first kappa shape index (κ1) is 17.2. The van der Waals surface area contributed by atoms with Crippen molar-refractivity contribution in [3.8, 4) is 0 Å². The van der Waals surface area contributed by atoms with Gasteiger partial charge in [-0.2, -0.15) is 9.40 Å². The number of hydrogen-bond donors (Lipinski definition) is 2. The molecule has 0 unspecified atom stereocenters. The van der Waals surface area contributed by atoms with Crippen molar-refractivity contribution in [3.63, 3.8) is 0 Å². The molecule has 8 nitrogen and oxygen atoms in total. The highest BCUT2D eigenvalue weighted by Crippen LogP contribution is 2.40. The summed E-state index contributed by atoms with van der Waals surface area (Å²) in [5.74, 6) is 1.39. The van der Waals surface area contributed by atoms with Crippen LogP contribution in [0.3, 0.4) is 0 Å². The maximum atomic E-state index is 12.0. The Hall–Kier alpha value is -1.61. The molecule has 3 rings (SSSR count). The summed E-state index contributed by atoms with van der Waals surface area (Å²) in [7, 11) is -1.92. The lowest BCUT2D eigenvalue weighted by atomic mass is 10.0. The number of aromatic nitrogens is 2. The third-order valence-electron chi connectivity index (χ3n) is 4.72. The van der Waals surface area contributed by atoms with Crippen LogP contribution in [0.25, 0.3) is 0 Å². The molecule has 2 fully saturated rings. The highest BCUT2D eigenvalue weighted by molar-refractivity contribution is 7.88. The minimum absolute atomic E-state index is 0.0866. The summed E-state index contributed by atoms with van der Waals surface area (Å²) in [5.41, 5.74) is 1.23. The van der Waals surface area contributed by atoms with Crippen LogP contribution < -0.4 is 10.2 Å². The normalized spacial score (nSPS) is 19.7. The molecule has 2 N–H and O–H groups in total. The summed E-state index contributed by atoms with van der Waals surface area (Å²) in [6.45, 7) is 1.53. The largest absolute Gasteiger partial charge is 0.355 e. The number of sulfonamides is 1. The van der Waals surface area contributed by atoms with Crippen LogP contribution in [0.15, 0.2) is 6.07 Å². The van der Waals surface area contributed by atoms with Crippen LogP contribution in [0, 0.1) is 0 Å². The summed E-state index contributed by atoms with van der Waals surface area (Å²) >= 11 is 0. The molecule has 0 bridgehead atoms. The lowest BCUT2D eigenvalue weighted by Crippen LogP contribution is -2.47. The van der Waals surface area contributed by atoms with Gasteiger partial charge in [-0.3, -0.25) is 9.89 Å². The van der Waals surface area contributed by atoms with E-state index in [1.54, 1.807) is 0 Å². The molecule has 0 spiro atoms. The molecule has 24 heavy (non-hydrogen) atoms. The van der Waals surface area contributed by atoms with E-state index in [1.165, 1.54) is 25.6 Å². The number of anilines is 1. The van der Waals surface area contributed by atoms with E-state index in [2.05, 4.69) is 26.5 Å². The maximum absolute atomic E-state index is 12.0. The van der Waals surface area contributed by atoms with Gasteiger partial charge >= 0.3 is 0 Å². The smallest absolute Gasteiger partial charge is 0.235 e. The molecule has 1 aromatic rings. The number of amides is 1. The number of carbonyl (C=O) groups excluding carboxylic acids is 1. The van der Waals surface area contributed by atoms with E-state index in [-0.39, 0.29) is 18.5 Å². The Morgan fingerprint density at radius 1 is 1.38 bits per heavy atom. The first-order chi connectivity index (χ1) is 11.3. The van der Waals surface area contributed by atoms with E-state index in [9.17, 15) is 13.2 Å². The van der Waals surface area contributed by atoms with Crippen LogP contribution in [-0.2, 0) is 14.8 Å². The zero-order valence-corrected chi connectivity index (χ0v) is 15.0.